The van der Waals surface area contributed by atoms with Crippen LogP contribution in [-0.2, 0) is 6.54 Å². The lowest BCUT2D eigenvalue weighted by molar-refractivity contribution is 0.0631. The number of carbonyl (C=O) groups excluding carboxylic acids is 1. The number of aryl methyl sites for hydroxylation is 1. The number of hydrogen-bond donors (Lipinski definition) is 0. The van der Waals surface area contributed by atoms with Crippen LogP contribution in [0.5, 0.6) is 0 Å². The van der Waals surface area contributed by atoms with E-state index in [4.69, 9.17) is 0 Å². The van der Waals surface area contributed by atoms with Gasteiger partial charge in [0.25, 0.3) is 5.91 Å². The highest BCUT2D eigenvalue weighted by Crippen LogP contribution is 2.31. The van der Waals surface area contributed by atoms with Gasteiger partial charge in [-0.15, -0.1) is 21.5 Å². The van der Waals surface area contributed by atoms with Crippen molar-refractivity contribution in [2.75, 3.05) is 6.54 Å². The van der Waals surface area contributed by atoms with Crippen LogP contribution >= 0.6 is 11.3 Å². The summed E-state index contributed by atoms with van der Waals surface area (Å²) in [4.78, 5) is 18.3. The molecule has 28 heavy (non-hydrogen) atoms. The number of nitrogens with zero attached hydrogens (tertiary/aromatic N) is 5. The normalized spacial score (nSPS) is 16.4. The molecular formula is C17H13F4N5OS. The summed E-state index contributed by atoms with van der Waals surface area (Å²) in [6.45, 7) is 3.92. The van der Waals surface area contributed by atoms with Gasteiger partial charge in [-0.2, -0.15) is 0 Å². The van der Waals surface area contributed by atoms with Crippen molar-refractivity contribution >= 4 is 17.2 Å². The Morgan fingerprint density at radius 3 is 2.57 bits per heavy atom. The fourth-order valence-electron chi connectivity index (χ4n) is 3.20. The Kier molecular flexibility index (Phi) is 4.41. The molecule has 0 spiro atoms. The highest BCUT2D eigenvalue weighted by atomic mass is 32.1. The predicted octanol–water partition coefficient (Wildman–Crippen LogP) is 3.48. The first-order chi connectivity index (χ1) is 13.3. The first-order valence-electron chi connectivity index (χ1n) is 8.29. The van der Waals surface area contributed by atoms with Crippen molar-refractivity contribution in [3.8, 4) is 11.5 Å². The third-order valence-corrected chi connectivity index (χ3v) is 5.40. The number of rotatable bonds is 2. The Bertz CT molecular complexity index is 1100. The summed E-state index contributed by atoms with van der Waals surface area (Å²) in [6, 6.07) is -0.274. The van der Waals surface area contributed by atoms with Crippen molar-refractivity contribution in [2.45, 2.75) is 26.4 Å². The van der Waals surface area contributed by atoms with E-state index >= 15 is 0 Å². The van der Waals surface area contributed by atoms with Crippen LogP contribution in [0.15, 0.2) is 11.4 Å². The lowest BCUT2D eigenvalue weighted by atomic mass is 10.1. The Labute approximate surface area is 160 Å². The number of thiazole rings is 1. The molecule has 11 heteroatoms. The van der Waals surface area contributed by atoms with E-state index in [9.17, 15) is 22.4 Å². The van der Waals surface area contributed by atoms with Crippen LogP contribution in [0, 0.1) is 30.2 Å². The average Bonchev–Trinajstić information content (AvgIpc) is 3.29. The summed E-state index contributed by atoms with van der Waals surface area (Å²) in [5, 5.41) is 10.9. The van der Waals surface area contributed by atoms with Crippen LogP contribution < -0.4 is 0 Å². The molecule has 1 aromatic carbocycles. The number of aromatic nitrogens is 4. The van der Waals surface area contributed by atoms with Crippen LogP contribution in [0.2, 0.25) is 0 Å². The lowest BCUT2D eigenvalue weighted by Gasteiger charge is -2.33. The van der Waals surface area contributed by atoms with Crippen molar-refractivity contribution < 1.29 is 22.4 Å². The van der Waals surface area contributed by atoms with Gasteiger partial charge in [-0.3, -0.25) is 4.79 Å². The second-order valence-corrected chi connectivity index (χ2v) is 7.37. The van der Waals surface area contributed by atoms with E-state index < -0.39 is 40.8 Å². The van der Waals surface area contributed by atoms with Crippen LogP contribution in [0.4, 0.5) is 17.6 Å². The number of hydrogen-bond acceptors (Lipinski definition) is 5. The minimum Gasteiger partial charge on any atom is -0.327 e. The third kappa shape index (κ3) is 2.77. The monoisotopic (exact) mass is 411 g/mol. The van der Waals surface area contributed by atoms with Crippen LogP contribution in [0.3, 0.4) is 0 Å². The molecule has 1 atom stereocenters. The zero-order valence-electron chi connectivity index (χ0n) is 14.7. The standard InChI is InChI=1S/C17H13F4N5OS/c1-7-15-23-24-16(11-6-28-8(2)22-11)26(15)4-3-25(7)17(27)9-5-10(18)13(20)14(21)12(9)19/h5-7H,3-4H2,1-2H3/t7-/m1/s1. The highest BCUT2D eigenvalue weighted by Gasteiger charge is 2.35. The minimum absolute atomic E-state index is 0.126. The molecule has 0 unspecified atom stereocenters. The highest BCUT2D eigenvalue weighted by molar-refractivity contribution is 7.09. The van der Waals surface area contributed by atoms with Crippen molar-refractivity contribution in [1.82, 2.24) is 24.6 Å². The zero-order chi connectivity index (χ0) is 20.2. The molecule has 0 fully saturated rings. The predicted molar refractivity (Wildman–Crippen MR) is 91.6 cm³/mol. The molecule has 1 aliphatic rings. The van der Waals surface area contributed by atoms with Gasteiger partial charge in [-0.1, -0.05) is 0 Å². The van der Waals surface area contributed by atoms with Crippen LogP contribution in [0.1, 0.15) is 34.2 Å². The van der Waals surface area contributed by atoms with Gasteiger partial charge in [0, 0.05) is 18.5 Å². The van der Waals surface area contributed by atoms with Crippen molar-refractivity contribution in [3.63, 3.8) is 0 Å². The van der Waals surface area contributed by atoms with Crippen LogP contribution in [-0.4, -0.2) is 37.1 Å². The fraction of sp³-hybridized carbons (Fsp3) is 0.294. The second kappa shape index (κ2) is 6.66. The summed E-state index contributed by atoms with van der Waals surface area (Å²) in [6.07, 6.45) is 0. The van der Waals surface area contributed by atoms with Crippen molar-refractivity contribution in [1.29, 1.82) is 0 Å². The largest absolute Gasteiger partial charge is 0.327 e. The molecule has 1 amide bonds. The Morgan fingerprint density at radius 2 is 1.89 bits per heavy atom. The molecule has 2 aromatic heterocycles. The molecule has 146 valence electrons. The summed E-state index contributed by atoms with van der Waals surface area (Å²) < 4.78 is 56.0. The first-order valence-corrected chi connectivity index (χ1v) is 9.17. The average molecular weight is 411 g/mol. The number of benzene rings is 1. The SMILES string of the molecule is Cc1nc(-c2nnc3n2CCN(C(=O)c2cc(F)c(F)c(F)c2F)[C@@H]3C)cs1. The Morgan fingerprint density at radius 1 is 1.14 bits per heavy atom. The zero-order valence-corrected chi connectivity index (χ0v) is 15.5. The van der Waals surface area contributed by atoms with Gasteiger partial charge in [-0.25, -0.2) is 22.5 Å². The van der Waals surface area contributed by atoms with Crippen molar-refractivity contribution in [2.24, 2.45) is 0 Å². The molecule has 4 rings (SSSR count). The maximum absolute atomic E-state index is 14.0. The van der Waals surface area contributed by atoms with E-state index in [-0.39, 0.29) is 13.1 Å². The fourth-order valence-corrected chi connectivity index (χ4v) is 3.79. The maximum atomic E-state index is 14.0. The molecule has 0 bridgehead atoms. The maximum Gasteiger partial charge on any atom is 0.257 e. The molecule has 1 aliphatic heterocycles. The number of fused-ring (bicyclic) bond motifs is 1. The van der Waals surface area contributed by atoms with Gasteiger partial charge < -0.3 is 9.47 Å². The summed E-state index contributed by atoms with van der Waals surface area (Å²) >= 11 is 1.46. The molecular weight excluding hydrogens is 398 g/mol. The topological polar surface area (TPSA) is 63.9 Å². The van der Waals surface area contributed by atoms with Crippen molar-refractivity contribution in [3.05, 3.63) is 51.1 Å². The number of carbonyl (C=O) groups is 1. The molecule has 6 nitrogen and oxygen atoms in total. The first kappa shape index (κ1) is 18.5. The van der Waals surface area contributed by atoms with Gasteiger partial charge in [0.2, 0.25) is 0 Å². The number of amides is 1. The Hall–Kier alpha value is -2.82. The van der Waals surface area contributed by atoms with Gasteiger partial charge in [0.05, 0.1) is 16.6 Å². The van der Waals surface area contributed by atoms with E-state index in [0.717, 1.165) is 5.01 Å². The second-order valence-electron chi connectivity index (χ2n) is 6.31. The van der Waals surface area contributed by atoms with Gasteiger partial charge in [-0.05, 0) is 19.9 Å². The molecule has 3 heterocycles. The van der Waals surface area contributed by atoms with Gasteiger partial charge in [0.1, 0.15) is 5.69 Å². The van der Waals surface area contributed by atoms with E-state index in [1.807, 2.05) is 12.3 Å². The van der Waals surface area contributed by atoms with E-state index in [1.54, 1.807) is 11.5 Å². The third-order valence-electron chi connectivity index (χ3n) is 4.63. The quantitative estimate of drug-likeness (QED) is 0.368. The molecule has 3 aromatic rings. The van der Waals surface area contributed by atoms with Crippen LogP contribution in [0.25, 0.3) is 11.5 Å². The summed E-state index contributed by atoms with van der Waals surface area (Å²) in [5.41, 5.74) is -0.214. The minimum atomic E-state index is -2.02. The summed E-state index contributed by atoms with van der Waals surface area (Å²) in [7, 11) is 0. The van der Waals surface area contributed by atoms with Gasteiger partial charge >= 0.3 is 0 Å². The smallest absolute Gasteiger partial charge is 0.257 e. The van der Waals surface area contributed by atoms with Gasteiger partial charge in [0.15, 0.2) is 34.9 Å². The summed E-state index contributed by atoms with van der Waals surface area (Å²) in [5.74, 6) is -7.30. The van der Waals surface area contributed by atoms with E-state index in [0.29, 0.717) is 23.4 Å². The lowest BCUT2D eigenvalue weighted by Crippen LogP contribution is -2.41. The van der Waals surface area contributed by atoms with E-state index in [1.165, 1.54) is 16.2 Å². The molecule has 0 saturated heterocycles. The molecule has 0 aliphatic carbocycles. The Balaban J connectivity index is 1.68. The van der Waals surface area contributed by atoms with E-state index in [2.05, 4.69) is 15.2 Å². The molecule has 0 N–H and O–H groups in total. The molecule has 0 radical (unpaired) electrons. The molecule has 0 saturated carbocycles. The number of halogens is 4.